The molecule has 0 saturated heterocycles. The molecule has 2 N–H and O–H groups in total. The fraction of sp³-hybridized carbons (Fsp3) is 0.350. The van der Waals surface area contributed by atoms with Crippen molar-refractivity contribution in [1.29, 1.82) is 0 Å². The molecule has 0 amide bonds. The Kier molecular flexibility index (Phi) is 7.83. The Morgan fingerprint density at radius 1 is 0.958 bits per heavy atom. The summed E-state index contributed by atoms with van der Waals surface area (Å²) < 4.78 is 12.8. The highest BCUT2D eigenvalue weighted by molar-refractivity contribution is 7.99. The number of unbranched alkanes of at least 4 members (excludes halogenated alkanes) is 3. The zero-order chi connectivity index (χ0) is 17.2. The molecule has 0 aromatic heterocycles. The molecular formula is C20H24FNOS. The Balaban J connectivity index is 1.52. The molecule has 0 unspecified atom stereocenters. The Labute approximate surface area is 147 Å². The number of Topliss-reactive ketones (excluding diaryl/α,β-unsaturated/α-hetero) is 1. The molecule has 0 bridgehead atoms. The highest BCUT2D eigenvalue weighted by Gasteiger charge is 2.06. The lowest BCUT2D eigenvalue weighted by molar-refractivity contribution is -0.118. The lowest BCUT2D eigenvalue weighted by Crippen LogP contribution is -2.05. The summed E-state index contributed by atoms with van der Waals surface area (Å²) in [6.45, 7) is 0. The largest absolute Gasteiger partial charge is 0.398 e. The van der Waals surface area contributed by atoms with Crippen LogP contribution in [0.3, 0.4) is 0 Å². The standard InChI is InChI=1S/C20H24FNOS/c21-17-10-12-19(13-11-17)24-14-6-2-1-3-8-18(23)15-16-7-4-5-9-20(16)22/h4-5,7,9-13H,1-3,6,8,14-15,22H2. The summed E-state index contributed by atoms with van der Waals surface area (Å²) in [5.41, 5.74) is 7.49. The third kappa shape index (κ3) is 6.75. The lowest BCUT2D eigenvalue weighted by Gasteiger charge is -2.05. The number of nitrogen functional groups attached to an aromatic ring is 1. The van der Waals surface area contributed by atoms with Gasteiger partial charge in [-0.1, -0.05) is 31.0 Å². The number of hydrogen-bond donors (Lipinski definition) is 1. The summed E-state index contributed by atoms with van der Waals surface area (Å²) in [4.78, 5) is 13.1. The van der Waals surface area contributed by atoms with E-state index >= 15 is 0 Å². The van der Waals surface area contributed by atoms with Gasteiger partial charge in [-0.3, -0.25) is 4.79 Å². The first-order valence-corrected chi connectivity index (χ1v) is 9.37. The molecular weight excluding hydrogens is 321 g/mol. The first-order chi connectivity index (χ1) is 11.6. The average molecular weight is 345 g/mol. The van der Waals surface area contributed by atoms with Crippen LogP contribution in [0, 0.1) is 5.82 Å². The maximum absolute atomic E-state index is 12.8. The van der Waals surface area contributed by atoms with Crippen LogP contribution in [-0.4, -0.2) is 11.5 Å². The molecule has 2 nitrogen and oxygen atoms in total. The second-order valence-electron chi connectivity index (χ2n) is 5.88. The summed E-state index contributed by atoms with van der Waals surface area (Å²) in [5.74, 6) is 1.09. The molecule has 0 radical (unpaired) electrons. The highest BCUT2D eigenvalue weighted by Crippen LogP contribution is 2.20. The van der Waals surface area contributed by atoms with Crippen molar-refractivity contribution in [3.05, 3.63) is 59.9 Å². The SMILES string of the molecule is Nc1ccccc1CC(=O)CCCCCCSc1ccc(F)cc1. The van der Waals surface area contributed by atoms with Crippen molar-refractivity contribution in [2.75, 3.05) is 11.5 Å². The Bertz CT molecular complexity index is 642. The van der Waals surface area contributed by atoms with Crippen molar-refractivity contribution in [3.8, 4) is 0 Å². The van der Waals surface area contributed by atoms with Crippen molar-refractivity contribution >= 4 is 23.2 Å². The molecule has 2 aromatic rings. The van der Waals surface area contributed by atoms with Crippen LogP contribution in [0.5, 0.6) is 0 Å². The topological polar surface area (TPSA) is 43.1 Å². The number of anilines is 1. The highest BCUT2D eigenvalue weighted by atomic mass is 32.2. The summed E-state index contributed by atoms with van der Waals surface area (Å²) in [6.07, 6.45) is 5.30. The maximum atomic E-state index is 12.8. The van der Waals surface area contributed by atoms with Gasteiger partial charge in [0, 0.05) is 23.4 Å². The monoisotopic (exact) mass is 345 g/mol. The Morgan fingerprint density at radius 3 is 2.42 bits per heavy atom. The average Bonchev–Trinajstić information content (AvgIpc) is 2.58. The molecule has 4 heteroatoms. The summed E-state index contributed by atoms with van der Waals surface area (Å²) >= 11 is 1.75. The van der Waals surface area contributed by atoms with Crippen molar-refractivity contribution in [1.82, 2.24) is 0 Å². The van der Waals surface area contributed by atoms with Crippen LogP contribution in [-0.2, 0) is 11.2 Å². The predicted molar refractivity (Wildman–Crippen MR) is 99.8 cm³/mol. The number of halogens is 1. The molecule has 0 atom stereocenters. The second kappa shape index (κ2) is 10.1. The lowest BCUT2D eigenvalue weighted by atomic mass is 10.0. The number of carbonyl (C=O) groups is 1. The maximum Gasteiger partial charge on any atom is 0.137 e. The molecule has 0 aliphatic carbocycles. The van der Waals surface area contributed by atoms with Gasteiger partial charge in [-0.2, -0.15) is 0 Å². The van der Waals surface area contributed by atoms with E-state index in [9.17, 15) is 9.18 Å². The molecule has 2 aromatic carbocycles. The second-order valence-corrected chi connectivity index (χ2v) is 7.05. The van der Waals surface area contributed by atoms with Gasteiger partial charge in [0.05, 0.1) is 0 Å². The number of thioether (sulfide) groups is 1. The van der Waals surface area contributed by atoms with Crippen molar-refractivity contribution in [2.45, 2.75) is 43.4 Å². The van der Waals surface area contributed by atoms with Crippen LogP contribution in [0.15, 0.2) is 53.4 Å². The number of carbonyl (C=O) groups excluding carboxylic acids is 1. The summed E-state index contributed by atoms with van der Waals surface area (Å²) in [5, 5.41) is 0. The van der Waals surface area contributed by atoms with Gasteiger partial charge in [0.1, 0.15) is 11.6 Å². The van der Waals surface area contributed by atoms with E-state index in [0.717, 1.165) is 41.9 Å². The van der Waals surface area contributed by atoms with Crippen LogP contribution < -0.4 is 5.73 Å². The van der Waals surface area contributed by atoms with Crippen molar-refractivity contribution in [2.24, 2.45) is 0 Å². The van der Waals surface area contributed by atoms with Crippen LogP contribution >= 0.6 is 11.8 Å². The van der Waals surface area contributed by atoms with Crippen molar-refractivity contribution < 1.29 is 9.18 Å². The molecule has 0 fully saturated rings. The zero-order valence-electron chi connectivity index (χ0n) is 13.8. The van der Waals surface area contributed by atoms with Gasteiger partial charge >= 0.3 is 0 Å². The minimum Gasteiger partial charge on any atom is -0.398 e. The minimum atomic E-state index is -0.193. The number of hydrogen-bond acceptors (Lipinski definition) is 3. The summed E-state index contributed by atoms with van der Waals surface area (Å²) in [7, 11) is 0. The van der Waals surface area contributed by atoms with Crippen LogP contribution in [0.2, 0.25) is 0 Å². The first kappa shape index (κ1) is 18.5. The molecule has 0 aliphatic rings. The quantitative estimate of drug-likeness (QED) is 0.363. The van der Waals surface area contributed by atoms with Gasteiger partial charge in [-0.25, -0.2) is 4.39 Å². The predicted octanol–water partition coefficient (Wildman–Crippen LogP) is 5.26. The number of rotatable bonds is 10. The van der Waals surface area contributed by atoms with E-state index < -0.39 is 0 Å². The van der Waals surface area contributed by atoms with E-state index in [1.165, 1.54) is 12.1 Å². The molecule has 2 rings (SSSR count). The van der Waals surface area contributed by atoms with Gasteiger partial charge in [-0.05, 0) is 54.5 Å². The Hall–Kier alpha value is -1.81. The number of benzene rings is 2. The molecule has 0 heterocycles. The third-order valence-corrected chi connectivity index (χ3v) is 4.97. The van der Waals surface area contributed by atoms with Crippen molar-refractivity contribution in [3.63, 3.8) is 0 Å². The van der Waals surface area contributed by atoms with E-state index in [-0.39, 0.29) is 11.6 Å². The van der Waals surface area contributed by atoms with E-state index in [0.29, 0.717) is 18.5 Å². The van der Waals surface area contributed by atoms with E-state index in [4.69, 9.17) is 5.73 Å². The van der Waals surface area contributed by atoms with Gasteiger partial charge < -0.3 is 5.73 Å². The summed E-state index contributed by atoms with van der Waals surface area (Å²) in [6, 6.07) is 14.2. The molecule has 0 aliphatic heterocycles. The van der Waals surface area contributed by atoms with Gasteiger partial charge in [0.25, 0.3) is 0 Å². The number of nitrogens with two attached hydrogens (primary N) is 1. The van der Waals surface area contributed by atoms with Crippen LogP contribution in [0.4, 0.5) is 10.1 Å². The first-order valence-electron chi connectivity index (χ1n) is 8.38. The van der Waals surface area contributed by atoms with Gasteiger partial charge in [0.15, 0.2) is 0 Å². The smallest absolute Gasteiger partial charge is 0.137 e. The fourth-order valence-corrected chi connectivity index (χ4v) is 3.41. The molecule has 0 spiro atoms. The van der Waals surface area contributed by atoms with Gasteiger partial charge in [-0.15, -0.1) is 11.8 Å². The minimum absolute atomic E-state index is 0.193. The zero-order valence-corrected chi connectivity index (χ0v) is 14.7. The molecule has 0 saturated carbocycles. The Morgan fingerprint density at radius 2 is 1.67 bits per heavy atom. The fourth-order valence-electron chi connectivity index (χ4n) is 2.49. The van der Waals surface area contributed by atoms with Gasteiger partial charge in [0.2, 0.25) is 0 Å². The van der Waals surface area contributed by atoms with Crippen LogP contribution in [0.1, 0.15) is 37.7 Å². The molecule has 128 valence electrons. The van der Waals surface area contributed by atoms with E-state index in [1.54, 1.807) is 11.8 Å². The number of para-hydroxylation sites is 1. The third-order valence-electron chi connectivity index (χ3n) is 3.88. The normalized spacial score (nSPS) is 10.7. The number of ketones is 1. The molecule has 24 heavy (non-hydrogen) atoms. The van der Waals surface area contributed by atoms with Crippen LogP contribution in [0.25, 0.3) is 0 Å². The van der Waals surface area contributed by atoms with E-state index in [2.05, 4.69) is 0 Å². The van der Waals surface area contributed by atoms with E-state index in [1.807, 2.05) is 36.4 Å².